The van der Waals surface area contributed by atoms with E-state index in [4.69, 9.17) is 10.5 Å². The molecule has 0 spiro atoms. The van der Waals surface area contributed by atoms with E-state index in [0.29, 0.717) is 33.6 Å². The van der Waals surface area contributed by atoms with Gasteiger partial charge in [0, 0.05) is 35.6 Å². The summed E-state index contributed by atoms with van der Waals surface area (Å²) in [5.41, 5.74) is 9.28. The summed E-state index contributed by atoms with van der Waals surface area (Å²) in [4.78, 5) is 35.6. The molecule has 0 saturated carbocycles. The van der Waals surface area contributed by atoms with Crippen molar-refractivity contribution in [3.8, 4) is 5.75 Å². The highest BCUT2D eigenvalue weighted by atomic mass is 16.5. The quantitative estimate of drug-likeness (QED) is 0.217. The monoisotopic (exact) mass is 516 g/mol. The van der Waals surface area contributed by atoms with E-state index in [0.717, 1.165) is 18.8 Å². The molecule has 0 fully saturated rings. The van der Waals surface area contributed by atoms with Gasteiger partial charge in [-0.1, -0.05) is 18.2 Å². The van der Waals surface area contributed by atoms with Crippen LogP contribution in [0.3, 0.4) is 0 Å². The summed E-state index contributed by atoms with van der Waals surface area (Å²) in [6.45, 7) is 5.83. The first kappa shape index (κ1) is 26.5. The Morgan fingerprint density at radius 1 is 1.08 bits per heavy atom. The highest BCUT2D eigenvalue weighted by molar-refractivity contribution is 5.98. The molecule has 2 amide bonds. The highest BCUT2D eigenvalue weighted by Gasteiger charge is 2.31. The molecule has 1 aromatic heterocycles. The summed E-state index contributed by atoms with van der Waals surface area (Å²) in [5.74, 6) is -0.457. The van der Waals surface area contributed by atoms with Crippen LogP contribution in [0.1, 0.15) is 35.8 Å². The van der Waals surface area contributed by atoms with Crippen molar-refractivity contribution in [3.05, 3.63) is 77.9 Å². The Morgan fingerprint density at radius 2 is 1.79 bits per heavy atom. The molecular weight excluding hydrogens is 484 g/mol. The number of nitrogens with two attached hydrogens (primary N) is 1. The van der Waals surface area contributed by atoms with Crippen molar-refractivity contribution in [2.24, 2.45) is 0 Å². The Balaban J connectivity index is 1.59. The van der Waals surface area contributed by atoms with Gasteiger partial charge in [-0.25, -0.2) is 4.98 Å². The molecule has 0 aliphatic carbocycles. The average molecular weight is 517 g/mol. The minimum Gasteiger partial charge on any atom is -0.496 e. The zero-order valence-electron chi connectivity index (χ0n) is 21.6. The molecule has 0 aliphatic rings. The minimum absolute atomic E-state index is 0.257. The highest BCUT2D eigenvalue weighted by Crippen LogP contribution is 2.29. The number of hydrogen-bond donors (Lipinski definition) is 5. The molecule has 0 bridgehead atoms. The van der Waals surface area contributed by atoms with Crippen LogP contribution in [0.15, 0.2) is 66.7 Å². The summed E-state index contributed by atoms with van der Waals surface area (Å²) in [6, 6.07) is 18.0. The maximum absolute atomic E-state index is 13.3. The number of nitrogens with one attached hydrogen (secondary N) is 3. The summed E-state index contributed by atoms with van der Waals surface area (Å²) in [5, 5.41) is 16.7. The molecule has 0 radical (unpaired) electrons. The number of rotatable bonds is 10. The summed E-state index contributed by atoms with van der Waals surface area (Å²) in [7, 11) is 1.49. The van der Waals surface area contributed by atoms with Gasteiger partial charge < -0.3 is 36.1 Å². The SMILES string of the molecule is CCN(CC)c1ccc(C(=O)NC(c2ccccc2OC)C(O)C(=O)Nc2ccc3nc(N)[nH]c3c2)cc1. The maximum Gasteiger partial charge on any atom is 0.255 e. The third-order valence-corrected chi connectivity index (χ3v) is 6.37. The number of aromatic amines is 1. The van der Waals surface area contributed by atoms with E-state index >= 15 is 0 Å². The number of nitrogen functional groups attached to an aromatic ring is 1. The molecule has 3 aromatic carbocycles. The molecule has 198 valence electrons. The lowest BCUT2D eigenvalue weighted by atomic mass is 9.98. The Labute approximate surface area is 220 Å². The van der Waals surface area contributed by atoms with Gasteiger partial charge in [-0.15, -0.1) is 0 Å². The first-order valence-electron chi connectivity index (χ1n) is 12.4. The Morgan fingerprint density at radius 3 is 2.47 bits per heavy atom. The van der Waals surface area contributed by atoms with E-state index in [2.05, 4.69) is 39.3 Å². The molecule has 4 rings (SSSR count). The van der Waals surface area contributed by atoms with E-state index in [-0.39, 0.29) is 5.95 Å². The first-order valence-corrected chi connectivity index (χ1v) is 12.4. The standard InChI is InChI=1S/C28H32N6O4/c1-4-34(5-2)19-13-10-17(11-14-19)26(36)33-24(20-8-6-7-9-23(20)38-3)25(35)27(37)30-18-12-15-21-22(16-18)32-28(29)31-21/h6-16,24-25,35H,4-5H2,1-3H3,(H,30,37)(H,33,36)(H3,29,31,32). The number of aromatic nitrogens is 2. The van der Waals surface area contributed by atoms with Gasteiger partial charge in [-0.2, -0.15) is 0 Å². The number of aliphatic hydroxyl groups excluding tert-OH is 1. The largest absolute Gasteiger partial charge is 0.496 e. The Bertz CT molecular complexity index is 1410. The number of fused-ring (bicyclic) bond motifs is 1. The molecule has 10 heteroatoms. The van der Waals surface area contributed by atoms with Gasteiger partial charge in [0.15, 0.2) is 12.1 Å². The Hall–Kier alpha value is -4.57. The third kappa shape index (κ3) is 5.70. The van der Waals surface area contributed by atoms with Crippen LogP contribution in [0.4, 0.5) is 17.3 Å². The lowest BCUT2D eigenvalue weighted by Crippen LogP contribution is -2.42. The molecule has 2 atom stereocenters. The lowest BCUT2D eigenvalue weighted by molar-refractivity contribution is -0.125. The molecule has 2 unspecified atom stereocenters. The number of imidazole rings is 1. The van der Waals surface area contributed by atoms with E-state index in [1.54, 1.807) is 54.6 Å². The number of nitrogens with zero attached hydrogens (tertiary/aromatic N) is 2. The maximum atomic E-state index is 13.3. The van der Waals surface area contributed by atoms with Crippen molar-refractivity contribution >= 4 is 40.2 Å². The number of benzene rings is 3. The van der Waals surface area contributed by atoms with Gasteiger partial charge in [0.05, 0.1) is 24.2 Å². The van der Waals surface area contributed by atoms with Crippen LogP contribution in [0.2, 0.25) is 0 Å². The fraction of sp³-hybridized carbons (Fsp3) is 0.250. The van der Waals surface area contributed by atoms with Gasteiger partial charge in [0.25, 0.3) is 11.8 Å². The van der Waals surface area contributed by atoms with Gasteiger partial charge in [0.1, 0.15) is 5.75 Å². The first-order chi connectivity index (χ1) is 18.3. The molecule has 10 nitrogen and oxygen atoms in total. The third-order valence-electron chi connectivity index (χ3n) is 6.37. The smallest absolute Gasteiger partial charge is 0.255 e. The van der Waals surface area contributed by atoms with Crippen molar-refractivity contribution < 1.29 is 19.4 Å². The van der Waals surface area contributed by atoms with Crippen molar-refractivity contribution in [2.75, 3.05) is 36.1 Å². The second-order valence-corrected chi connectivity index (χ2v) is 8.70. The topological polar surface area (TPSA) is 146 Å². The number of H-pyrrole nitrogens is 1. The number of para-hydroxylation sites is 1. The van der Waals surface area contributed by atoms with Gasteiger partial charge >= 0.3 is 0 Å². The normalized spacial score (nSPS) is 12.5. The zero-order chi connectivity index (χ0) is 27.2. The number of hydrogen-bond acceptors (Lipinski definition) is 7. The molecular formula is C28H32N6O4. The molecule has 38 heavy (non-hydrogen) atoms. The molecule has 6 N–H and O–H groups in total. The fourth-order valence-corrected chi connectivity index (χ4v) is 4.36. The van der Waals surface area contributed by atoms with Crippen molar-refractivity contribution in [3.63, 3.8) is 0 Å². The predicted octanol–water partition coefficient (Wildman–Crippen LogP) is 3.47. The fourth-order valence-electron chi connectivity index (χ4n) is 4.36. The van der Waals surface area contributed by atoms with E-state index in [1.807, 2.05) is 12.1 Å². The number of anilines is 3. The van der Waals surface area contributed by atoms with E-state index in [1.165, 1.54) is 7.11 Å². The number of ether oxygens (including phenoxy) is 1. The van der Waals surface area contributed by atoms with Crippen LogP contribution in [-0.4, -0.2) is 53.2 Å². The van der Waals surface area contributed by atoms with Crippen molar-refractivity contribution in [1.82, 2.24) is 15.3 Å². The van der Waals surface area contributed by atoms with Gasteiger partial charge in [-0.05, 0) is 62.4 Å². The summed E-state index contributed by atoms with van der Waals surface area (Å²) < 4.78 is 5.46. The van der Waals surface area contributed by atoms with E-state index in [9.17, 15) is 14.7 Å². The molecule has 0 aliphatic heterocycles. The lowest BCUT2D eigenvalue weighted by Gasteiger charge is -2.26. The van der Waals surface area contributed by atoms with Gasteiger partial charge in [-0.3, -0.25) is 9.59 Å². The van der Waals surface area contributed by atoms with Crippen LogP contribution in [0.5, 0.6) is 5.75 Å². The number of carbonyl (C=O) groups excluding carboxylic acids is 2. The van der Waals surface area contributed by atoms with Crippen LogP contribution in [0, 0.1) is 0 Å². The van der Waals surface area contributed by atoms with E-state index < -0.39 is 24.0 Å². The summed E-state index contributed by atoms with van der Waals surface area (Å²) in [6.07, 6.45) is -1.63. The predicted molar refractivity (Wildman–Crippen MR) is 148 cm³/mol. The second kappa shape index (κ2) is 11.7. The number of amides is 2. The van der Waals surface area contributed by atoms with Crippen molar-refractivity contribution in [1.29, 1.82) is 0 Å². The number of methoxy groups -OCH3 is 1. The molecule has 1 heterocycles. The number of aliphatic hydroxyl groups is 1. The van der Waals surface area contributed by atoms with Gasteiger partial charge in [0.2, 0.25) is 0 Å². The second-order valence-electron chi connectivity index (χ2n) is 8.70. The molecule has 4 aromatic rings. The molecule has 0 saturated heterocycles. The minimum atomic E-state index is -1.63. The van der Waals surface area contributed by atoms with Crippen molar-refractivity contribution in [2.45, 2.75) is 26.0 Å². The van der Waals surface area contributed by atoms with Crippen LogP contribution >= 0.6 is 0 Å². The van der Waals surface area contributed by atoms with Crippen LogP contribution in [0.25, 0.3) is 11.0 Å². The Kier molecular flexibility index (Phi) is 8.12. The number of carbonyl (C=O) groups is 2. The van der Waals surface area contributed by atoms with Crippen LogP contribution < -0.4 is 26.0 Å². The zero-order valence-corrected chi connectivity index (χ0v) is 21.6. The summed E-state index contributed by atoms with van der Waals surface area (Å²) >= 11 is 0. The van der Waals surface area contributed by atoms with Crippen LogP contribution in [-0.2, 0) is 4.79 Å². The average Bonchev–Trinajstić information content (AvgIpc) is 3.31.